The summed E-state index contributed by atoms with van der Waals surface area (Å²) < 4.78 is 3.03. The molecule has 0 bridgehead atoms. The lowest BCUT2D eigenvalue weighted by Crippen LogP contribution is -2.30. The van der Waals surface area contributed by atoms with Crippen LogP contribution >= 0.6 is 12.2 Å². The largest absolute Gasteiger partial charge is 0.329 e. The first-order valence-corrected chi connectivity index (χ1v) is 6.11. The van der Waals surface area contributed by atoms with Crippen molar-refractivity contribution in [3.63, 3.8) is 0 Å². The summed E-state index contributed by atoms with van der Waals surface area (Å²) >= 11 is 5.37. The summed E-state index contributed by atoms with van der Waals surface area (Å²) in [7, 11) is 0. The molecule has 3 nitrogen and oxygen atoms in total. The number of fused-ring (bicyclic) bond motifs is 1. The number of nitrogens with zero attached hydrogens (tertiary/aromatic N) is 2. The Labute approximate surface area is 99.5 Å². The highest BCUT2D eigenvalue weighted by molar-refractivity contribution is 7.71. The highest BCUT2D eigenvalue weighted by Gasteiger charge is 2.32. The summed E-state index contributed by atoms with van der Waals surface area (Å²) in [6, 6.07) is 2.03. The molecule has 0 aromatic carbocycles. The van der Waals surface area contributed by atoms with Crippen molar-refractivity contribution >= 4 is 23.3 Å². The number of H-pyrrole nitrogens is 1. The third-order valence-corrected chi connectivity index (χ3v) is 4.00. The molecule has 0 unspecified atom stereocenters. The third kappa shape index (κ3) is 1.48. The van der Waals surface area contributed by atoms with Gasteiger partial charge in [0.2, 0.25) is 0 Å². The number of aromatic nitrogens is 3. The van der Waals surface area contributed by atoms with E-state index in [9.17, 15) is 0 Å². The molecule has 2 aromatic heterocycles. The van der Waals surface area contributed by atoms with Gasteiger partial charge in [0.1, 0.15) is 0 Å². The standard InChI is InChI=1S/C12H15N3S/c1-12(4-2-5-12)8-15-10-3-6-13-7-9(10)14-11(15)16/h3,6-7H,2,4-5,8H2,1H3,(H,14,16). The molecule has 0 radical (unpaired) electrons. The van der Waals surface area contributed by atoms with Crippen molar-refractivity contribution in [2.24, 2.45) is 5.41 Å². The zero-order valence-corrected chi connectivity index (χ0v) is 10.2. The van der Waals surface area contributed by atoms with E-state index in [1.54, 1.807) is 0 Å². The lowest BCUT2D eigenvalue weighted by Gasteiger charge is -2.38. The van der Waals surface area contributed by atoms with Gasteiger partial charge in [-0.15, -0.1) is 0 Å². The molecule has 1 aliphatic carbocycles. The maximum Gasteiger partial charge on any atom is 0.178 e. The van der Waals surface area contributed by atoms with E-state index in [2.05, 4.69) is 21.5 Å². The van der Waals surface area contributed by atoms with Crippen molar-refractivity contribution in [1.82, 2.24) is 14.5 Å². The number of nitrogens with one attached hydrogen (secondary N) is 1. The minimum Gasteiger partial charge on any atom is -0.329 e. The number of hydrogen-bond donors (Lipinski definition) is 1. The number of rotatable bonds is 2. The molecule has 1 N–H and O–H groups in total. The average Bonchev–Trinajstić information content (AvgIpc) is 2.53. The Bertz CT molecular complexity index is 577. The van der Waals surface area contributed by atoms with Gasteiger partial charge < -0.3 is 9.55 Å². The molecule has 1 fully saturated rings. The summed E-state index contributed by atoms with van der Waals surface area (Å²) in [5.41, 5.74) is 2.65. The van der Waals surface area contributed by atoms with Crippen LogP contribution in [0.3, 0.4) is 0 Å². The summed E-state index contributed by atoms with van der Waals surface area (Å²) in [5, 5.41) is 0. The Morgan fingerprint density at radius 3 is 3.06 bits per heavy atom. The smallest absolute Gasteiger partial charge is 0.178 e. The van der Waals surface area contributed by atoms with Crippen LogP contribution in [0.25, 0.3) is 11.0 Å². The highest BCUT2D eigenvalue weighted by Crippen LogP contribution is 2.42. The second-order valence-electron chi connectivity index (χ2n) is 5.07. The van der Waals surface area contributed by atoms with Gasteiger partial charge in [0.25, 0.3) is 0 Å². The molecule has 0 amide bonds. The Hall–Kier alpha value is -1.16. The lowest BCUT2D eigenvalue weighted by molar-refractivity contribution is 0.133. The van der Waals surface area contributed by atoms with Gasteiger partial charge in [0.15, 0.2) is 4.77 Å². The van der Waals surface area contributed by atoms with Crippen molar-refractivity contribution in [3.05, 3.63) is 23.2 Å². The molecular formula is C12H15N3S. The van der Waals surface area contributed by atoms with Crippen LogP contribution in [0.1, 0.15) is 26.2 Å². The van der Waals surface area contributed by atoms with E-state index in [4.69, 9.17) is 12.2 Å². The van der Waals surface area contributed by atoms with E-state index in [1.165, 1.54) is 24.8 Å². The van der Waals surface area contributed by atoms with Gasteiger partial charge in [-0.05, 0) is 36.5 Å². The monoisotopic (exact) mass is 233 g/mol. The predicted octanol–water partition coefficient (Wildman–Crippen LogP) is 3.28. The van der Waals surface area contributed by atoms with Crippen LogP contribution < -0.4 is 0 Å². The molecule has 0 saturated heterocycles. The molecule has 3 rings (SSSR count). The fraction of sp³-hybridized carbons (Fsp3) is 0.500. The molecule has 84 valence electrons. The minimum absolute atomic E-state index is 0.441. The van der Waals surface area contributed by atoms with Crippen LogP contribution in [-0.2, 0) is 6.54 Å². The van der Waals surface area contributed by atoms with E-state index in [1.807, 2.05) is 18.5 Å². The number of hydrogen-bond acceptors (Lipinski definition) is 2. The molecule has 1 aliphatic rings. The van der Waals surface area contributed by atoms with E-state index in [-0.39, 0.29) is 0 Å². The first kappa shape index (κ1) is 10.0. The van der Waals surface area contributed by atoms with Crippen LogP contribution in [0.5, 0.6) is 0 Å². The summed E-state index contributed by atoms with van der Waals surface area (Å²) in [5.74, 6) is 0. The zero-order valence-electron chi connectivity index (χ0n) is 9.36. The quantitative estimate of drug-likeness (QED) is 0.808. The van der Waals surface area contributed by atoms with E-state index in [0.717, 1.165) is 16.8 Å². The number of pyridine rings is 1. The molecule has 0 aliphatic heterocycles. The summed E-state index contributed by atoms with van der Waals surface area (Å²) in [4.78, 5) is 7.32. The normalized spacial score (nSPS) is 18.6. The van der Waals surface area contributed by atoms with Crippen molar-refractivity contribution in [2.45, 2.75) is 32.7 Å². The predicted molar refractivity (Wildman–Crippen MR) is 66.9 cm³/mol. The Kier molecular flexibility index (Phi) is 2.14. The van der Waals surface area contributed by atoms with Crippen molar-refractivity contribution in [3.8, 4) is 0 Å². The third-order valence-electron chi connectivity index (χ3n) is 3.68. The van der Waals surface area contributed by atoms with Crippen LogP contribution in [0.2, 0.25) is 0 Å². The molecule has 0 atom stereocenters. The first-order chi connectivity index (χ1) is 7.68. The van der Waals surface area contributed by atoms with Gasteiger partial charge in [-0.1, -0.05) is 13.3 Å². The first-order valence-electron chi connectivity index (χ1n) is 5.71. The van der Waals surface area contributed by atoms with Crippen molar-refractivity contribution in [1.29, 1.82) is 0 Å². The van der Waals surface area contributed by atoms with Crippen molar-refractivity contribution in [2.75, 3.05) is 0 Å². The topological polar surface area (TPSA) is 33.6 Å². The molecule has 16 heavy (non-hydrogen) atoms. The molecule has 2 heterocycles. The van der Waals surface area contributed by atoms with Gasteiger partial charge in [-0.25, -0.2) is 0 Å². The lowest BCUT2D eigenvalue weighted by atomic mass is 9.70. The molecule has 4 heteroatoms. The van der Waals surface area contributed by atoms with Gasteiger partial charge in [-0.2, -0.15) is 0 Å². The van der Waals surface area contributed by atoms with E-state index >= 15 is 0 Å². The van der Waals surface area contributed by atoms with Crippen LogP contribution in [-0.4, -0.2) is 14.5 Å². The molecule has 1 saturated carbocycles. The van der Waals surface area contributed by atoms with Crippen LogP contribution in [0, 0.1) is 10.2 Å². The maximum absolute atomic E-state index is 5.37. The van der Waals surface area contributed by atoms with Gasteiger partial charge in [-0.3, -0.25) is 4.98 Å². The maximum atomic E-state index is 5.37. The molecular weight excluding hydrogens is 218 g/mol. The van der Waals surface area contributed by atoms with Gasteiger partial charge >= 0.3 is 0 Å². The number of aromatic amines is 1. The Balaban J connectivity index is 2.08. The Morgan fingerprint density at radius 1 is 1.56 bits per heavy atom. The minimum atomic E-state index is 0.441. The fourth-order valence-electron chi connectivity index (χ4n) is 2.49. The average molecular weight is 233 g/mol. The van der Waals surface area contributed by atoms with E-state index < -0.39 is 0 Å². The second-order valence-corrected chi connectivity index (χ2v) is 5.46. The Morgan fingerprint density at radius 2 is 2.38 bits per heavy atom. The van der Waals surface area contributed by atoms with Crippen molar-refractivity contribution < 1.29 is 0 Å². The number of imidazole rings is 1. The fourth-order valence-corrected chi connectivity index (χ4v) is 2.76. The van der Waals surface area contributed by atoms with E-state index in [0.29, 0.717) is 5.41 Å². The van der Waals surface area contributed by atoms with Crippen LogP contribution in [0.4, 0.5) is 0 Å². The highest BCUT2D eigenvalue weighted by atomic mass is 32.1. The van der Waals surface area contributed by atoms with Gasteiger partial charge in [0, 0.05) is 12.7 Å². The molecule has 2 aromatic rings. The summed E-state index contributed by atoms with van der Waals surface area (Å²) in [6.07, 6.45) is 7.64. The zero-order chi connectivity index (χ0) is 11.2. The molecule has 0 spiro atoms. The van der Waals surface area contributed by atoms with Crippen LogP contribution in [0.15, 0.2) is 18.5 Å². The summed E-state index contributed by atoms with van der Waals surface area (Å²) in [6.45, 7) is 3.37. The van der Waals surface area contributed by atoms with Gasteiger partial charge in [0.05, 0.1) is 17.2 Å². The SMILES string of the molecule is CC1(Cn2c(=S)[nH]c3cnccc32)CCC1. The second kappa shape index (κ2) is 3.42.